The molecule has 1 heterocycles. The Labute approximate surface area is 112 Å². The first-order valence-corrected chi connectivity index (χ1v) is 6.28. The number of anilines is 1. The van der Waals surface area contributed by atoms with Crippen molar-refractivity contribution in [3.63, 3.8) is 0 Å². The lowest BCUT2D eigenvalue weighted by Gasteiger charge is -2.22. The van der Waals surface area contributed by atoms with Crippen molar-refractivity contribution in [2.45, 2.75) is 19.9 Å². The van der Waals surface area contributed by atoms with E-state index in [4.69, 9.17) is 11.6 Å². The lowest BCUT2D eigenvalue weighted by molar-refractivity contribution is 0.742. The summed E-state index contributed by atoms with van der Waals surface area (Å²) < 4.78 is 0. The Balaban J connectivity index is 2.45. The molecule has 18 heavy (non-hydrogen) atoms. The van der Waals surface area contributed by atoms with Crippen LogP contribution in [0.4, 0.5) is 5.82 Å². The van der Waals surface area contributed by atoms with E-state index < -0.39 is 0 Å². The van der Waals surface area contributed by atoms with E-state index in [1.807, 2.05) is 37.4 Å². The van der Waals surface area contributed by atoms with Crippen LogP contribution >= 0.6 is 11.6 Å². The summed E-state index contributed by atoms with van der Waals surface area (Å²) in [6.45, 7) is 4.22. The van der Waals surface area contributed by atoms with Crippen LogP contribution in [0.15, 0.2) is 36.4 Å². The SMILES string of the molecule is CC(C)N(C)c1cc(Cl)nc(-c2ccccc2)n1. The van der Waals surface area contributed by atoms with Crippen molar-refractivity contribution >= 4 is 17.4 Å². The third kappa shape index (κ3) is 2.79. The molecular weight excluding hydrogens is 246 g/mol. The Morgan fingerprint density at radius 2 is 1.78 bits per heavy atom. The second kappa shape index (κ2) is 5.36. The topological polar surface area (TPSA) is 29.0 Å². The van der Waals surface area contributed by atoms with Crippen molar-refractivity contribution in [3.8, 4) is 11.4 Å². The van der Waals surface area contributed by atoms with Gasteiger partial charge in [-0.2, -0.15) is 0 Å². The highest BCUT2D eigenvalue weighted by atomic mass is 35.5. The minimum Gasteiger partial charge on any atom is -0.357 e. The molecule has 0 saturated heterocycles. The van der Waals surface area contributed by atoms with E-state index in [1.165, 1.54) is 0 Å². The van der Waals surface area contributed by atoms with E-state index in [1.54, 1.807) is 6.07 Å². The fraction of sp³-hybridized carbons (Fsp3) is 0.286. The van der Waals surface area contributed by atoms with Gasteiger partial charge >= 0.3 is 0 Å². The zero-order chi connectivity index (χ0) is 13.1. The molecule has 0 spiro atoms. The number of hydrogen-bond acceptors (Lipinski definition) is 3. The number of nitrogens with zero attached hydrogens (tertiary/aromatic N) is 3. The molecule has 0 aliphatic heterocycles. The normalized spacial score (nSPS) is 10.7. The predicted octanol–water partition coefficient (Wildman–Crippen LogP) is 3.64. The number of hydrogen-bond donors (Lipinski definition) is 0. The van der Waals surface area contributed by atoms with E-state index >= 15 is 0 Å². The van der Waals surface area contributed by atoms with Crippen LogP contribution in [0.25, 0.3) is 11.4 Å². The third-order valence-electron chi connectivity index (χ3n) is 2.85. The van der Waals surface area contributed by atoms with Gasteiger partial charge in [-0.15, -0.1) is 0 Å². The van der Waals surface area contributed by atoms with Crippen LogP contribution in [0.5, 0.6) is 0 Å². The molecule has 0 unspecified atom stereocenters. The Kier molecular flexibility index (Phi) is 3.82. The van der Waals surface area contributed by atoms with Gasteiger partial charge in [0.2, 0.25) is 0 Å². The zero-order valence-corrected chi connectivity index (χ0v) is 11.5. The largest absolute Gasteiger partial charge is 0.357 e. The van der Waals surface area contributed by atoms with E-state index in [0.29, 0.717) is 17.0 Å². The summed E-state index contributed by atoms with van der Waals surface area (Å²) in [5, 5.41) is 0.464. The van der Waals surface area contributed by atoms with Gasteiger partial charge in [-0.05, 0) is 13.8 Å². The average Bonchev–Trinajstić information content (AvgIpc) is 2.38. The molecule has 0 aliphatic carbocycles. The maximum atomic E-state index is 6.07. The maximum Gasteiger partial charge on any atom is 0.163 e. The highest BCUT2D eigenvalue weighted by Gasteiger charge is 2.11. The molecule has 2 aromatic rings. The maximum absolute atomic E-state index is 6.07. The van der Waals surface area contributed by atoms with E-state index in [2.05, 4.69) is 28.7 Å². The quantitative estimate of drug-likeness (QED) is 0.790. The van der Waals surface area contributed by atoms with Gasteiger partial charge in [-0.1, -0.05) is 41.9 Å². The average molecular weight is 262 g/mol. The van der Waals surface area contributed by atoms with Gasteiger partial charge in [0, 0.05) is 24.7 Å². The summed E-state index contributed by atoms with van der Waals surface area (Å²) in [4.78, 5) is 10.9. The van der Waals surface area contributed by atoms with Gasteiger partial charge < -0.3 is 4.90 Å². The smallest absolute Gasteiger partial charge is 0.163 e. The molecule has 3 nitrogen and oxygen atoms in total. The second-order valence-electron chi connectivity index (χ2n) is 4.44. The molecule has 0 fully saturated rings. The minimum atomic E-state index is 0.361. The number of aromatic nitrogens is 2. The van der Waals surface area contributed by atoms with Gasteiger partial charge in [0.15, 0.2) is 5.82 Å². The Hall–Kier alpha value is -1.61. The fourth-order valence-electron chi connectivity index (χ4n) is 1.57. The molecular formula is C14H16ClN3. The number of rotatable bonds is 3. The fourth-order valence-corrected chi connectivity index (χ4v) is 1.74. The standard InChI is InChI=1S/C14H16ClN3/c1-10(2)18(3)13-9-12(15)16-14(17-13)11-7-5-4-6-8-11/h4-10H,1-3H3. The summed E-state index contributed by atoms with van der Waals surface area (Å²) in [5.41, 5.74) is 0.971. The first-order valence-electron chi connectivity index (χ1n) is 5.91. The van der Waals surface area contributed by atoms with Gasteiger partial charge in [-0.25, -0.2) is 9.97 Å². The van der Waals surface area contributed by atoms with E-state index in [0.717, 1.165) is 11.4 Å². The molecule has 1 aromatic heterocycles. The summed E-state index contributed by atoms with van der Waals surface area (Å²) >= 11 is 6.07. The van der Waals surface area contributed by atoms with Gasteiger partial charge in [0.25, 0.3) is 0 Å². The molecule has 0 radical (unpaired) electrons. The lowest BCUT2D eigenvalue weighted by Crippen LogP contribution is -2.26. The molecule has 0 bridgehead atoms. The first-order chi connectivity index (χ1) is 8.58. The monoisotopic (exact) mass is 261 g/mol. The van der Waals surface area contributed by atoms with Crippen LogP contribution in [-0.2, 0) is 0 Å². The molecule has 0 amide bonds. The summed E-state index contributed by atoms with van der Waals surface area (Å²) in [6.07, 6.45) is 0. The first kappa shape index (κ1) is 12.8. The summed E-state index contributed by atoms with van der Waals surface area (Å²) in [7, 11) is 2.00. The van der Waals surface area contributed by atoms with Crippen molar-refractivity contribution in [1.82, 2.24) is 9.97 Å². The lowest BCUT2D eigenvalue weighted by atomic mass is 10.2. The van der Waals surface area contributed by atoms with Crippen LogP contribution in [0.2, 0.25) is 5.15 Å². The molecule has 94 valence electrons. The minimum absolute atomic E-state index is 0.361. The van der Waals surface area contributed by atoms with Crippen molar-refractivity contribution in [2.75, 3.05) is 11.9 Å². The van der Waals surface area contributed by atoms with Crippen molar-refractivity contribution in [1.29, 1.82) is 0 Å². The Bertz CT molecular complexity index is 526. The summed E-state index contributed by atoms with van der Waals surface area (Å²) in [5.74, 6) is 1.49. The molecule has 2 rings (SSSR count). The van der Waals surface area contributed by atoms with Crippen LogP contribution in [-0.4, -0.2) is 23.1 Å². The Morgan fingerprint density at radius 3 is 2.39 bits per heavy atom. The predicted molar refractivity (Wildman–Crippen MR) is 76.0 cm³/mol. The molecule has 0 N–H and O–H groups in total. The van der Waals surface area contributed by atoms with Crippen LogP contribution in [0.1, 0.15) is 13.8 Å². The van der Waals surface area contributed by atoms with Gasteiger partial charge in [0.05, 0.1) is 0 Å². The third-order valence-corrected chi connectivity index (χ3v) is 3.04. The summed E-state index contributed by atoms with van der Waals surface area (Å²) in [6, 6.07) is 12.0. The van der Waals surface area contributed by atoms with Gasteiger partial charge in [0.1, 0.15) is 11.0 Å². The molecule has 0 aliphatic rings. The van der Waals surface area contributed by atoms with Crippen molar-refractivity contribution in [3.05, 3.63) is 41.6 Å². The molecule has 4 heteroatoms. The van der Waals surface area contributed by atoms with E-state index in [-0.39, 0.29) is 0 Å². The van der Waals surface area contributed by atoms with Crippen LogP contribution in [0, 0.1) is 0 Å². The Morgan fingerprint density at radius 1 is 1.11 bits per heavy atom. The highest BCUT2D eigenvalue weighted by molar-refractivity contribution is 6.29. The molecule has 0 atom stereocenters. The zero-order valence-electron chi connectivity index (χ0n) is 10.8. The number of halogens is 1. The second-order valence-corrected chi connectivity index (χ2v) is 4.83. The van der Waals surface area contributed by atoms with E-state index in [9.17, 15) is 0 Å². The highest BCUT2D eigenvalue weighted by Crippen LogP contribution is 2.22. The van der Waals surface area contributed by atoms with Crippen LogP contribution in [0.3, 0.4) is 0 Å². The number of benzene rings is 1. The van der Waals surface area contributed by atoms with Crippen molar-refractivity contribution < 1.29 is 0 Å². The molecule has 0 saturated carbocycles. The van der Waals surface area contributed by atoms with Crippen molar-refractivity contribution in [2.24, 2.45) is 0 Å². The van der Waals surface area contributed by atoms with Gasteiger partial charge in [-0.3, -0.25) is 0 Å². The van der Waals surface area contributed by atoms with Crippen LogP contribution < -0.4 is 4.90 Å². The molecule has 1 aromatic carbocycles.